The maximum Gasteiger partial charge on any atom is 0.221 e. The predicted octanol–water partition coefficient (Wildman–Crippen LogP) is 0.180. The molecule has 0 spiro atoms. The lowest BCUT2D eigenvalue weighted by molar-refractivity contribution is -0.121. The molecule has 1 rings (SSSR count). The van der Waals surface area contributed by atoms with E-state index in [1.54, 1.807) is 17.1 Å². The van der Waals surface area contributed by atoms with Crippen LogP contribution in [0.15, 0.2) is 12.5 Å². The largest absolute Gasteiger partial charge is 0.394 e. The lowest BCUT2D eigenvalue weighted by Crippen LogP contribution is -2.32. The highest BCUT2D eigenvalue weighted by atomic mass is 16.3. The molecule has 4 N–H and O–H groups in total. The minimum absolute atomic E-state index is 0.0153. The normalized spacial score (nSPS) is 14.2. The van der Waals surface area contributed by atoms with Crippen LogP contribution in [-0.4, -0.2) is 33.2 Å². The van der Waals surface area contributed by atoms with Gasteiger partial charge in [0, 0.05) is 25.2 Å². The van der Waals surface area contributed by atoms with Crippen LogP contribution in [0.1, 0.15) is 38.4 Å². The van der Waals surface area contributed by atoms with Gasteiger partial charge >= 0.3 is 0 Å². The Balaban J connectivity index is 2.48. The first-order chi connectivity index (χ1) is 8.58. The molecule has 0 aliphatic heterocycles. The van der Waals surface area contributed by atoms with E-state index in [4.69, 9.17) is 10.8 Å². The first kappa shape index (κ1) is 14.7. The molecule has 18 heavy (non-hydrogen) atoms. The van der Waals surface area contributed by atoms with Crippen molar-refractivity contribution in [3.63, 3.8) is 0 Å². The highest BCUT2D eigenvalue weighted by Gasteiger charge is 2.12. The number of aryl methyl sites for hydroxylation is 1. The topological polar surface area (TPSA) is 93.2 Å². The van der Waals surface area contributed by atoms with Crippen molar-refractivity contribution in [2.24, 2.45) is 5.73 Å². The molecule has 0 fully saturated rings. The van der Waals surface area contributed by atoms with Crippen molar-refractivity contribution in [1.29, 1.82) is 0 Å². The van der Waals surface area contributed by atoms with E-state index in [1.165, 1.54) is 0 Å². The van der Waals surface area contributed by atoms with Gasteiger partial charge in [0.1, 0.15) is 0 Å². The molecule has 1 aromatic rings. The zero-order valence-corrected chi connectivity index (χ0v) is 11.0. The van der Waals surface area contributed by atoms with Crippen LogP contribution in [0.4, 0.5) is 0 Å². The highest BCUT2D eigenvalue weighted by molar-refractivity contribution is 5.76. The molecule has 102 valence electrons. The number of imidazole rings is 1. The fraction of sp³-hybridized carbons (Fsp3) is 0.667. The summed E-state index contributed by atoms with van der Waals surface area (Å²) in [5.74, 6) is 0.0153. The molecule has 0 aromatic carbocycles. The van der Waals surface area contributed by atoms with Crippen LogP contribution < -0.4 is 11.1 Å². The number of carbonyl (C=O) groups excluding carboxylic acids is 1. The number of aliphatic hydroxyl groups is 1. The zero-order valence-electron chi connectivity index (χ0n) is 11.0. The van der Waals surface area contributed by atoms with Crippen LogP contribution in [-0.2, 0) is 11.3 Å². The van der Waals surface area contributed by atoms with Crippen LogP contribution in [0.3, 0.4) is 0 Å². The number of amides is 1. The molecule has 1 heterocycles. The summed E-state index contributed by atoms with van der Waals surface area (Å²) in [5, 5.41) is 11.9. The van der Waals surface area contributed by atoms with E-state index in [0.29, 0.717) is 13.0 Å². The molecule has 0 aliphatic rings. The van der Waals surface area contributed by atoms with Gasteiger partial charge in [0.25, 0.3) is 0 Å². The summed E-state index contributed by atoms with van der Waals surface area (Å²) >= 11 is 0. The van der Waals surface area contributed by atoms with E-state index in [1.807, 2.05) is 13.8 Å². The number of nitrogens with two attached hydrogens (primary N) is 1. The summed E-state index contributed by atoms with van der Waals surface area (Å²) in [7, 11) is 0. The molecule has 0 bridgehead atoms. The predicted molar refractivity (Wildman–Crippen MR) is 68.8 cm³/mol. The van der Waals surface area contributed by atoms with E-state index in [0.717, 1.165) is 12.1 Å². The van der Waals surface area contributed by atoms with Gasteiger partial charge in [0.05, 0.1) is 24.7 Å². The van der Waals surface area contributed by atoms with E-state index in [9.17, 15) is 4.79 Å². The average molecular weight is 254 g/mol. The van der Waals surface area contributed by atoms with Gasteiger partial charge in [-0.15, -0.1) is 0 Å². The van der Waals surface area contributed by atoms with Crippen molar-refractivity contribution in [3.05, 3.63) is 18.2 Å². The molecule has 1 amide bonds. The third kappa shape index (κ3) is 4.12. The molecule has 2 unspecified atom stereocenters. The van der Waals surface area contributed by atoms with E-state index < -0.39 is 6.04 Å². The maximum atomic E-state index is 11.6. The Morgan fingerprint density at radius 3 is 3.00 bits per heavy atom. The van der Waals surface area contributed by atoms with Gasteiger partial charge in [0.2, 0.25) is 5.91 Å². The van der Waals surface area contributed by atoms with Gasteiger partial charge in [-0.25, -0.2) is 4.98 Å². The number of nitrogens with zero attached hydrogens (tertiary/aromatic N) is 2. The summed E-state index contributed by atoms with van der Waals surface area (Å²) in [6.07, 6.45) is 4.54. The molecule has 2 atom stereocenters. The van der Waals surface area contributed by atoms with Crippen LogP contribution in [0, 0.1) is 0 Å². The Kier molecular flexibility index (Phi) is 5.80. The summed E-state index contributed by atoms with van der Waals surface area (Å²) in [4.78, 5) is 15.6. The Morgan fingerprint density at radius 1 is 1.67 bits per heavy atom. The molecule has 0 saturated heterocycles. The second-order valence-electron chi connectivity index (χ2n) is 4.43. The summed E-state index contributed by atoms with van der Waals surface area (Å²) in [6.45, 7) is 4.39. The lowest BCUT2D eigenvalue weighted by atomic mass is 10.2. The Hall–Kier alpha value is -1.40. The Bertz CT molecular complexity index is 378. The monoisotopic (exact) mass is 254 g/mol. The number of carbonyl (C=O) groups is 1. The summed E-state index contributed by atoms with van der Waals surface area (Å²) in [5.41, 5.74) is 6.48. The number of hydrogen-bond acceptors (Lipinski definition) is 4. The van der Waals surface area contributed by atoms with Crippen molar-refractivity contribution < 1.29 is 9.90 Å². The number of aromatic nitrogens is 2. The quantitative estimate of drug-likeness (QED) is 0.647. The van der Waals surface area contributed by atoms with Gasteiger partial charge in [0.15, 0.2) is 0 Å². The molecular weight excluding hydrogens is 232 g/mol. The third-order valence-corrected chi connectivity index (χ3v) is 2.92. The Morgan fingerprint density at radius 2 is 2.39 bits per heavy atom. The number of nitrogens with one attached hydrogen (secondary N) is 1. The Labute approximate surface area is 107 Å². The number of hydrogen-bond donors (Lipinski definition) is 3. The minimum atomic E-state index is -0.454. The van der Waals surface area contributed by atoms with E-state index in [2.05, 4.69) is 10.3 Å². The van der Waals surface area contributed by atoms with Gasteiger partial charge in [-0.1, -0.05) is 6.92 Å². The molecule has 6 heteroatoms. The minimum Gasteiger partial charge on any atom is -0.394 e. The van der Waals surface area contributed by atoms with Crippen LogP contribution in [0.2, 0.25) is 0 Å². The fourth-order valence-electron chi connectivity index (χ4n) is 1.59. The van der Waals surface area contributed by atoms with Gasteiger partial charge in [-0.2, -0.15) is 0 Å². The second-order valence-corrected chi connectivity index (χ2v) is 4.43. The molecule has 0 radical (unpaired) electrons. The molecule has 1 aromatic heterocycles. The highest BCUT2D eigenvalue weighted by Crippen LogP contribution is 2.09. The lowest BCUT2D eigenvalue weighted by Gasteiger charge is -2.14. The van der Waals surface area contributed by atoms with E-state index >= 15 is 0 Å². The first-order valence-corrected chi connectivity index (χ1v) is 6.24. The van der Waals surface area contributed by atoms with E-state index in [-0.39, 0.29) is 18.6 Å². The summed E-state index contributed by atoms with van der Waals surface area (Å²) < 4.78 is 1.80. The van der Waals surface area contributed by atoms with Crippen molar-refractivity contribution in [2.75, 3.05) is 6.61 Å². The molecule has 6 nitrogen and oxygen atoms in total. The van der Waals surface area contributed by atoms with Crippen molar-refractivity contribution in [2.45, 2.75) is 45.3 Å². The van der Waals surface area contributed by atoms with Crippen LogP contribution in [0.5, 0.6) is 0 Å². The smallest absolute Gasteiger partial charge is 0.221 e. The van der Waals surface area contributed by atoms with Gasteiger partial charge in [-0.3, -0.25) is 4.79 Å². The van der Waals surface area contributed by atoms with Gasteiger partial charge < -0.3 is 20.7 Å². The molecule has 0 aliphatic carbocycles. The standard InChI is InChI=1S/C12H22N4O2/c1-3-9(2)15-12(18)4-5-16-8-14-6-11(16)10(13)7-17/h6,8-10,17H,3-5,7,13H2,1-2H3,(H,15,18). The zero-order chi connectivity index (χ0) is 13.5. The SMILES string of the molecule is CCC(C)NC(=O)CCn1cncc1C(N)CO. The van der Waals surface area contributed by atoms with Crippen LogP contribution >= 0.6 is 0 Å². The van der Waals surface area contributed by atoms with Crippen LogP contribution in [0.25, 0.3) is 0 Å². The van der Waals surface area contributed by atoms with Crippen molar-refractivity contribution >= 4 is 5.91 Å². The maximum absolute atomic E-state index is 11.6. The van der Waals surface area contributed by atoms with Crippen molar-refractivity contribution in [1.82, 2.24) is 14.9 Å². The number of aliphatic hydroxyl groups excluding tert-OH is 1. The van der Waals surface area contributed by atoms with Crippen molar-refractivity contribution in [3.8, 4) is 0 Å². The number of rotatable bonds is 7. The molecular formula is C12H22N4O2. The molecule has 0 saturated carbocycles. The second kappa shape index (κ2) is 7.13. The third-order valence-electron chi connectivity index (χ3n) is 2.92. The average Bonchev–Trinajstić information content (AvgIpc) is 2.83. The van der Waals surface area contributed by atoms with Gasteiger partial charge in [-0.05, 0) is 13.3 Å². The fourth-order valence-corrected chi connectivity index (χ4v) is 1.59. The summed E-state index contributed by atoms with van der Waals surface area (Å²) in [6, 6.07) is -0.260. The first-order valence-electron chi connectivity index (χ1n) is 6.24.